The number of hydrazone groups is 1. The van der Waals surface area contributed by atoms with Crippen LogP contribution >= 0.6 is 15.9 Å². The van der Waals surface area contributed by atoms with Gasteiger partial charge in [0.15, 0.2) is 0 Å². The van der Waals surface area contributed by atoms with Crippen LogP contribution in [0.5, 0.6) is 0 Å². The van der Waals surface area contributed by atoms with Gasteiger partial charge in [0.2, 0.25) is 0 Å². The van der Waals surface area contributed by atoms with E-state index in [0.29, 0.717) is 0 Å². The minimum absolute atomic E-state index is 0.187. The number of benzene rings is 2. The van der Waals surface area contributed by atoms with E-state index in [4.69, 9.17) is 0 Å². The van der Waals surface area contributed by atoms with Gasteiger partial charge in [0.1, 0.15) is 0 Å². The molecule has 122 valence electrons. The van der Waals surface area contributed by atoms with Gasteiger partial charge >= 0.3 is 0 Å². The Balaban J connectivity index is 2.23. The third kappa shape index (κ3) is 5.18. The van der Waals surface area contributed by atoms with Crippen LogP contribution in [0.3, 0.4) is 0 Å². The molecular weight excluding hydrogens is 376 g/mol. The average molecular weight is 395 g/mol. The zero-order valence-corrected chi connectivity index (χ0v) is 15.3. The second-order valence-electron chi connectivity index (χ2n) is 5.08. The third-order valence-corrected chi connectivity index (χ3v) is 5.05. The monoisotopic (exact) mass is 394 g/mol. The molecule has 2 aromatic carbocycles. The third-order valence-electron chi connectivity index (χ3n) is 3.30. The van der Waals surface area contributed by atoms with Gasteiger partial charge in [0, 0.05) is 4.47 Å². The van der Waals surface area contributed by atoms with Crippen LogP contribution in [0.15, 0.2) is 69.1 Å². The lowest BCUT2D eigenvalue weighted by molar-refractivity contribution is 0.584. The number of nitrogens with zero attached hydrogens (tertiary/aromatic N) is 1. The molecule has 0 fully saturated rings. The molecule has 0 amide bonds. The summed E-state index contributed by atoms with van der Waals surface area (Å²) in [6, 6.07) is 16.1. The molecule has 0 radical (unpaired) electrons. The van der Waals surface area contributed by atoms with Crippen molar-refractivity contribution in [1.82, 2.24) is 4.83 Å². The Bertz CT molecular complexity index is 757. The molecule has 0 aliphatic heterocycles. The number of halogens is 1. The molecule has 0 saturated carbocycles. The second kappa shape index (κ2) is 8.26. The van der Waals surface area contributed by atoms with Gasteiger partial charge in [-0.25, -0.2) is 0 Å². The lowest BCUT2D eigenvalue weighted by atomic mass is 10.1. The number of sulfonamides is 1. The van der Waals surface area contributed by atoms with Crippen LogP contribution < -0.4 is 4.83 Å². The lowest BCUT2D eigenvalue weighted by Gasteiger charge is -2.08. The predicted octanol–water partition coefficient (Wildman–Crippen LogP) is 4.32. The van der Waals surface area contributed by atoms with Gasteiger partial charge in [-0.15, -0.1) is 0 Å². The Labute approximate surface area is 145 Å². The Morgan fingerprint density at radius 1 is 1.09 bits per heavy atom. The molecule has 0 atom stereocenters. The van der Waals surface area contributed by atoms with E-state index in [0.717, 1.165) is 35.0 Å². The Morgan fingerprint density at radius 3 is 2.35 bits per heavy atom. The van der Waals surface area contributed by atoms with E-state index < -0.39 is 10.0 Å². The molecule has 0 heterocycles. The van der Waals surface area contributed by atoms with Crippen LogP contribution in [0.2, 0.25) is 0 Å². The number of hydrogen-bond acceptors (Lipinski definition) is 3. The van der Waals surface area contributed by atoms with Crippen molar-refractivity contribution in [1.29, 1.82) is 0 Å². The van der Waals surface area contributed by atoms with Crippen molar-refractivity contribution in [3.05, 3.63) is 64.6 Å². The molecule has 0 unspecified atom stereocenters. The Hall–Kier alpha value is -1.66. The first-order valence-electron chi connectivity index (χ1n) is 7.42. The Kier molecular flexibility index (Phi) is 6.36. The quantitative estimate of drug-likeness (QED) is 0.561. The van der Waals surface area contributed by atoms with Crippen molar-refractivity contribution < 1.29 is 8.42 Å². The number of rotatable bonds is 7. The largest absolute Gasteiger partial charge is 0.276 e. The SMILES string of the molecule is CCCCC(=NNS(=O)(=O)c1ccc(Br)cc1)c1ccccc1. The lowest BCUT2D eigenvalue weighted by Crippen LogP contribution is -2.20. The number of unbranched alkanes of at least 4 members (excludes halogenated alkanes) is 1. The second-order valence-corrected chi connectivity index (χ2v) is 7.65. The van der Waals surface area contributed by atoms with Crippen LogP contribution in [-0.2, 0) is 10.0 Å². The summed E-state index contributed by atoms with van der Waals surface area (Å²) in [7, 11) is -3.66. The fourth-order valence-electron chi connectivity index (χ4n) is 2.02. The van der Waals surface area contributed by atoms with Gasteiger partial charge in [-0.05, 0) is 42.7 Å². The van der Waals surface area contributed by atoms with E-state index in [1.807, 2.05) is 30.3 Å². The summed E-state index contributed by atoms with van der Waals surface area (Å²) in [5.41, 5.74) is 1.67. The topological polar surface area (TPSA) is 58.5 Å². The highest BCUT2D eigenvalue weighted by Gasteiger charge is 2.13. The molecule has 0 saturated heterocycles. The fourth-order valence-corrected chi connectivity index (χ4v) is 3.12. The van der Waals surface area contributed by atoms with Gasteiger partial charge in [-0.3, -0.25) is 0 Å². The van der Waals surface area contributed by atoms with E-state index in [2.05, 4.69) is 32.8 Å². The van der Waals surface area contributed by atoms with E-state index in [1.165, 1.54) is 12.1 Å². The first-order valence-corrected chi connectivity index (χ1v) is 9.70. The highest BCUT2D eigenvalue weighted by molar-refractivity contribution is 9.10. The molecule has 6 heteroatoms. The summed E-state index contributed by atoms with van der Waals surface area (Å²) in [5, 5.41) is 4.17. The average Bonchev–Trinajstić information content (AvgIpc) is 2.56. The molecule has 0 aliphatic rings. The predicted molar refractivity (Wildman–Crippen MR) is 97.0 cm³/mol. The number of nitrogens with one attached hydrogen (secondary N) is 1. The van der Waals surface area contributed by atoms with Crippen molar-refractivity contribution in [3.8, 4) is 0 Å². The van der Waals surface area contributed by atoms with E-state index >= 15 is 0 Å². The smallest absolute Gasteiger partial charge is 0.200 e. The number of hydrogen-bond donors (Lipinski definition) is 1. The maximum absolute atomic E-state index is 12.3. The van der Waals surface area contributed by atoms with Gasteiger partial charge in [0.25, 0.3) is 10.0 Å². The molecule has 0 spiro atoms. The van der Waals surface area contributed by atoms with Crippen LogP contribution in [-0.4, -0.2) is 14.1 Å². The van der Waals surface area contributed by atoms with E-state index in [-0.39, 0.29) is 4.90 Å². The highest BCUT2D eigenvalue weighted by Crippen LogP contribution is 2.15. The van der Waals surface area contributed by atoms with E-state index in [1.54, 1.807) is 12.1 Å². The van der Waals surface area contributed by atoms with Gasteiger partial charge in [0.05, 0.1) is 10.6 Å². The van der Waals surface area contributed by atoms with Crippen LogP contribution in [0, 0.1) is 0 Å². The first kappa shape index (κ1) is 17.7. The summed E-state index contributed by atoms with van der Waals surface area (Å²) in [5.74, 6) is 0. The zero-order valence-electron chi connectivity index (χ0n) is 12.9. The standard InChI is InChI=1S/C17H19BrN2O2S/c1-2-3-9-17(14-7-5-4-6-8-14)19-20-23(21,22)16-12-10-15(18)11-13-16/h4-8,10-13,20H,2-3,9H2,1H3. The van der Waals surface area contributed by atoms with Gasteiger partial charge in [-0.1, -0.05) is 59.6 Å². The van der Waals surface area contributed by atoms with Crippen LogP contribution in [0.1, 0.15) is 31.7 Å². The summed E-state index contributed by atoms with van der Waals surface area (Å²) < 4.78 is 25.5. The minimum Gasteiger partial charge on any atom is -0.200 e. The normalized spacial score (nSPS) is 12.2. The van der Waals surface area contributed by atoms with Crippen molar-refractivity contribution in [2.24, 2.45) is 5.10 Å². The van der Waals surface area contributed by atoms with Crippen LogP contribution in [0.4, 0.5) is 0 Å². The van der Waals surface area contributed by atoms with E-state index in [9.17, 15) is 8.42 Å². The van der Waals surface area contributed by atoms with Crippen molar-refractivity contribution in [3.63, 3.8) is 0 Å². The zero-order chi connectivity index (χ0) is 16.7. The first-order chi connectivity index (χ1) is 11.0. The van der Waals surface area contributed by atoms with Crippen molar-refractivity contribution in [2.75, 3.05) is 0 Å². The fraction of sp³-hybridized carbons (Fsp3) is 0.235. The maximum Gasteiger partial charge on any atom is 0.276 e. The summed E-state index contributed by atoms with van der Waals surface area (Å²) in [6.45, 7) is 2.09. The minimum atomic E-state index is -3.66. The molecule has 1 N–H and O–H groups in total. The Morgan fingerprint density at radius 2 is 1.74 bits per heavy atom. The van der Waals surface area contributed by atoms with Crippen LogP contribution in [0.25, 0.3) is 0 Å². The molecular formula is C17H19BrN2O2S. The maximum atomic E-state index is 12.3. The van der Waals surface area contributed by atoms with Crippen molar-refractivity contribution >= 4 is 31.7 Å². The molecule has 0 bridgehead atoms. The molecule has 2 aromatic rings. The molecule has 0 aliphatic carbocycles. The molecule has 0 aromatic heterocycles. The van der Waals surface area contributed by atoms with Gasteiger partial charge in [-0.2, -0.15) is 18.4 Å². The summed E-state index contributed by atoms with van der Waals surface area (Å²) in [4.78, 5) is 2.53. The van der Waals surface area contributed by atoms with Crippen molar-refractivity contribution in [2.45, 2.75) is 31.1 Å². The molecule has 2 rings (SSSR count). The summed E-state index contributed by atoms with van der Waals surface area (Å²) >= 11 is 3.29. The summed E-state index contributed by atoms with van der Waals surface area (Å²) in [6.07, 6.45) is 2.70. The molecule has 4 nitrogen and oxygen atoms in total. The van der Waals surface area contributed by atoms with Gasteiger partial charge < -0.3 is 0 Å². The highest BCUT2D eigenvalue weighted by atomic mass is 79.9. The molecule has 23 heavy (non-hydrogen) atoms.